The lowest BCUT2D eigenvalue weighted by Gasteiger charge is -2.34. The van der Waals surface area contributed by atoms with E-state index in [9.17, 15) is 18.0 Å². The number of rotatable bonds is 12. The number of methoxy groups -OCH3 is 1. The van der Waals surface area contributed by atoms with Gasteiger partial charge in [0.25, 0.3) is 0 Å². The number of amides is 2. The zero-order valence-corrected chi connectivity index (χ0v) is 25.5. The number of anilines is 1. The second kappa shape index (κ2) is 13.8. The van der Waals surface area contributed by atoms with Gasteiger partial charge in [-0.2, -0.15) is 0 Å². The van der Waals surface area contributed by atoms with E-state index < -0.39 is 28.5 Å². The van der Waals surface area contributed by atoms with Crippen LogP contribution in [0.3, 0.4) is 0 Å². The molecule has 10 heteroatoms. The van der Waals surface area contributed by atoms with Crippen molar-refractivity contribution in [2.75, 3.05) is 24.2 Å². The smallest absolute Gasteiger partial charge is 0.244 e. The Morgan fingerprint density at radius 3 is 2.18 bits per heavy atom. The first-order chi connectivity index (χ1) is 18.5. The largest absolute Gasteiger partial charge is 0.497 e. The molecule has 0 saturated carbocycles. The van der Waals surface area contributed by atoms with Gasteiger partial charge in [-0.1, -0.05) is 42.5 Å². The van der Waals surface area contributed by atoms with Crippen molar-refractivity contribution in [2.24, 2.45) is 0 Å². The minimum absolute atomic E-state index is 0.0866. The fraction of sp³-hybridized carbons (Fsp3) is 0.310. The summed E-state index contributed by atoms with van der Waals surface area (Å²) in [5.41, 5.74) is 2.00. The predicted octanol–water partition coefficient (Wildman–Crippen LogP) is 4.23. The molecule has 208 valence electrons. The summed E-state index contributed by atoms with van der Waals surface area (Å²) in [6.07, 6.45) is 1.33. The van der Waals surface area contributed by atoms with E-state index in [0.717, 1.165) is 25.3 Å². The summed E-state index contributed by atoms with van der Waals surface area (Å²) in [7, 11) is -2.25. The van der Waals surface area contributed by atoms with Gasteiger partial charge in [-0.25, -0.2) is 8.42 Å². The summed E-state index contributed by atoms with van der Waals surface area (Å²) < 4.78 is 33.0. The predicted molar refractivity (Wildman–Crippen MR) is 162 cm³/mol. The highest BCUT2D eigenvalue weighted by atomic mass is 127. The van der Waals surface area contributed by atoms with Crippen molar-refractivity contribution in [3.63, 3.8) is 0 Å². The Morgan fingerprint density at radius 1 is 0.949 bits per heavy atom. The maximum atomic E-state index is 14.0. The van der Waals surface area contributed by atoms with Gasteiger partial charge in [0.1, 0.15) is 18.3 Å². The van der Waals surface area contributed by atoms with Crippen LogP contribution in [0, 0.1) is 3.57 Å². The Morgan fingerprint density at radius 2 is 1.59 bits per heavy atom. The van der Waals surface area contributed by atoms with Gasteiger partial charge in [-0.05, 0) is 84.0 Å². The van der Waals surface area contributed by atoms with Crippen molar-refractivity contribution in [1.82, 2.24) is 10.2 Å². The number of nitrogens with one attached hydrogen (secondary N) is 1. The molecule has 0 radical (unpaired) electrons. The molecule has 1 atom stereocenters. The number of hydrogen-bond acceptors (Lipinski definition) is 5. The number of benzene rings is 3. The lowest BCUT2D eigenvalue weighted by atomic mass is 10.0. The van der Waals surface area contributed by atoms with Crippen LogP contribution in [0.4, 0.5) is 5.69 Å². The van der Waals surface area contributed by atoms with Crippen LogP contribution >= 0.6 is 22.6 Å². The maximum absolute atomic E-state index is 14.0. The van der Waals surface area contributed by atoms with Crippen molar-refractivity contribution in [3.8, 4) is 5.75 Å². The average molecular weight is 664 g/mol. The van der Waals surface area contributed by atoms with Crippen molar-refractivity contribution in [3.05, 3.63) is 93.6 Å². The van der Waals surface area contributed by atoms with E-state index in [1.165, 1.54) is 4.90 Å². The fourth-order valence-corrected chi connectivity index (χ4v) is 5.33. The zero-order valence-electron chi connectivity index (χ0n) is 22.5. The third kappa shape index (κ3) is 8.96. The lowest BCUT2D eigenvalue weighted by molar-refractivity contribution is -0.140. The first kappa shape index (κ1) is 30.4. The van der Waals surface area contributed by atoms with Gasteiger partial charge in [0.2, 0.25) is 21.8 Å². The van der Waals surface area contributed by atoms with Crippen LogP contribution in [-0.2, 0) is 32.6 Å². The summed E-state index contributed by atoms with van der Waals surface area (Å²) in [6.45, 7) is 3.34. The number of ether oxygens (including phenoxy) is 1. The number of carbonyl (C=O) groups excluding carboxylic acids is 2. The lowest BCUT2D eigenvalue weighted by Crippen LogP contribution is -2.54. The van der Waals surface area contributed by atoms with E-state index in [2.05, 4.69) is 27.9 Å². The van der Waals surface area contributed by atoms with Gasteiger partial charge in [0.05, 0.1) is 19.1 Å². The molecule has 0 spiro atoms. The van der Waals surface area contributed by atoms with E-state index in [-0.39, 0.29) is 24.9 Å². The Bertz CT molecular complexity index is 1370. The van der Waals surface area contributed by atoms with Crippen LogP contribution in [-0.4, -0.2) is 57.1 Å². The van der Waals surface area contributed by atoms with Gasteiger partial charge < -0.3 is 15.0 Å². The van der Waals surface area contributed by atoms with Crippen LogP contribution in [0.1, 0.15) is 25.0 Å². The van der Waals surface area contributed by atoms with Crippen LogP contribution in [0.15, 0.2) is 78.9 Å². The second-order valence-electron chi connectivity index (χ2n) is 9.49. The van der Waals surface area contributed by atoms with Crippen molar-refractivity contribution in [1.29, 1.82) is 0 Å². The number of carbonyl (C=O) groups is 2. The molecular weight excluding hydrogens is 629 g/mol. The van der Waals surface area contributed by atoms with Crippen LogP contribution < -0.4 is 14.4 Å². The third-order valence-electron chi connectivity index (χ3n) is 5.98. The van der Waals surface area contributed by atoms with E-state index in [4.69, 9.17) is 4.74 Å². The highest BCUT2D eigenvalue weighted by molar-refractivity contribution is 14.1. The van der Waals surface area contributed by atoms with Gasteiger partial charge in [-0.15, -0.1) is 0 Å². The molecule has 8 nitrogen and oxygen atoms in total. The number of halogens is 1. The summed E-state index contributed by atoms with van der Waals surface area (Å²) in [5, 5.41) is 2.94. The molecular formula is C29H34IN3O5S. The van der Waals surface area contributed by atoms with Crippen molar-refractivity contribution >= 4 is 50.1 Å². The Hall–Kier alpha value is -3.12. The summed E-state index contributed by atoms with van der Waals surface area (Å²) in [6, 6.07) is 22.5. The average Bonchev–Trinajstić information content (AvgIpc) is 2.89. The molecule has 0 saturated heterocycles. The Labute approximate surface area is 244 Å². The maximum Gasteiger partial charge on any atom is 0.244 e. The van der Waals surface area contributed by atoms with Crippen LogP contribution in [0.25, 0.3) is 0 Å². The first-order valence-electron chi connectivity index (χ1n) is 12.5. The van der Waals surface area contributed by atoms with E-state index >= 15 is 0 Å². The van der Waals surface area contributed by atoms with Gasteiger partial charge in [-0.3, -0.25) is 13.9 Å². The molecule has 0 aromatic heterocycles. The van der Waals surface area contributed by atoms with Gasteiger partial charge >= 0.3 is 0 Å². The molecule has 39 heavy (non-hydrogen) atoms. The van der Waals surface area contributed by atoms with Gasteiger partial charge in [0.15, 0.2) is 0 Å². The molecule has 3 rings (SSSR count). The molecule has 0 fully saturated rings. The van der Waals surface area contributed by atoms with E-state index in [0.29, 0.717) is 11.4 Å². The van der Waals surface area contributed by atoms with Gasteiger partial charge in [0, 0.05) is 22.6 Å². The highest BCUT2D eigenvalue weighted by Gasteiger charge is 2.33. The second-order valence-corrected chi connectivity index (χ2v) is 12.6. The fourth-order valence-electron chi connectivity index (χ4n) is 4.12. The quantitative estimate of drug-likeness (QED) is 0.293. The van der Waals surface area contributed by atoms with Crippen LogP contribution in [0.5, 0.6) is 5.75 Å². The highest BCUT2D eigenvalue weighted by Crippen LogP contribution is 2.22. The summed E-state index contributed by atoms with van der Waals surface area (Å²) >= 11 is 2.13. The molecule has 3 aromatic carbocycles. The normalized spacial score (nSPS) is 12.1. The Balaban J connectivity index is 2.06. The minimum Gasteiger partial charge on any atom is -0.497 e. The number of hydrogen-bond donors (Lipinski definition) is 1. The topological polar surface area (TPSA) is 96.0 Å². The molecule has 0 unspecified atom stereocenters. The summed E-state index contributed by atoms with van der Waals surface area (Å²) in [5.74, 6) is -0.199. The molecule has 3 aromatic rings. The third-order valence-corrected chi connectivity index (χ3v) is 7.84. The number of nitrogens with zero attached hydrogens (tertiary/aromatic N) is 2. The molecule has 0 heterocycles. The SMILES string of the molecule is COc1cccc(CN(C(=O)CN(c2ccc(I)cc2)S(C)(=O)=O)[C@@H](Cc2ccccc2)C(=O)NC(C)C)c1. The van der Waals surface area contributed by atoms with Crippen LogP contribution in [0.2, 0.25) is 0 Å². The molecule has 0 aliphatic carbocycles. The monoisotopic (exact) mass is 663 g/mol. The molecule has 0 bridgehead atoms. The zero-order chi connectivity index (χ0) is 28.6. The summed E-state index contributed by atoms with van der Waals surface area (Å²) in [4.78, 5) is 29.0. The van der Waals surface area contributed by atoms with Crippen molar-refractivity contribution < 1.29 is 22.7 Å². The first-order valence-corrected chi connectivity index (χ1v) is 15.4. The molecule has 0 aliphatic heterocycles. The molecule has 1 N–H and O–H groups in total. The van der Waals surface area contributed by atoms with E-state index in [1.54, 1.807) is 43.5 Å². The van der Waals surface area contributed by atoms with E-state index in [1.807, 2.05) is 56.3 Å². The number of sulfonamides is 1. The molecule has 2 amide bonds. The molecule has 0 aliphatic rings. The van der Waals surface area contributed by atoms with Crippen molar-refractivity contribution in [2.45, 2.75) is 38.9 Å². The standard InChI is InChI=1S/C29H34IN3O5S/c1-21(2)31-29(35)27(18-22-9-6-5-7-10-22)32(19-23-11-8-12-26(17-23)38-3)28(34)20-33(39(4,36)37)25-15-13-24(30)14-16-25/h5-17,21,27H,18-20H2,1-4H3,(H,31,35)/t27-/m0/s1. The Kier molecular flexibility index (Phi) is 10.8. The minimum atomic E-state index is -3.80.